The Kier molecular flexibility index (Phi) is 6.40. The molecule has 126 valence electrons. The molecule has 0 aliphatic rings. The number of benzene rings is 1. The van der Waals surface area contributed by atoms with E-state index in [4.69, 9.17) is 27.9 Å². The lowest BCUT2D eigenvalue weighted by Crippen LogP contribution is -2.24. The van der Waals surface area contributed by atoms with Crippen LogP contribution in [0.1, 0.15) is 23.0 Å². The zero-order chi connectivity index (χ0) is 17.5. The highest BCUT2D eigenvalue weighted by molar-refractivity contribution is 6.36. The van der Waals surface area contributed by atoms with Crippen molar-refractivity contribution in [1.82, 2.24) is 10.3 Å². The fourth-order valence-corrected chi connectivity index (χ4v) is 2.30. The van der Waals surface area contributed by atoms with Crippen LogP contribution in [-0.4, -0.2) is 23.6 Å². The number of hydrogen-bond acceptors (Lipinski definition) is 4. The maximum Gasteiger partial charge on any atom is 0.407 e. The first-order chi connectivity index (χ1) is 11.5. The highest BCUT2D eigenvalue weighted by Gasteiger charge is 2.10. The zero-order valence-corrected chi connectivity index (χ0v) is 14.3. The summed E-state index contributed by atoms with van der Waals surface area (Å²) < 4.78 is 4.76. The van der Waals surface area contributed by atoms with E-state index >= 15 is 0 Å². The third kappa shape index (κ3) is 5.11. The van der Waals surface area contributed by atoms with Gasteiger partial charge in [0.05, 0.1) is 29.6 Å². The summed E-state index contributed by atoms with van der Waals surface area (Å²) in [5, 5.41) is 6.06. The predicted octanol–water partition coefficient (Wildman–Crippen LogP) is 3.89. The van der Waals surface area contributed by atoms with Crippen molar-refractivity contribution >= 4 is 40.9 Å². The van der Waals surface area contributed by atoms with Crippen LogP contribution in [0.25, 0.3) is 0 Å². The Labute approximate surface area is 149 Å². The number of anilines is 1. The molecule has 0 unspecified atom stereocenters. The van der Waals surface area contributed by atoms with Crippen molar-refractivity contribution in [1.29, 1.82) is 0 Å². The molecule has 0 radical (unpaired) electrons. The van der Waals surface area contributed by atoms with E-state index in [0.717, 1.165) is 0 Å². The lowest BCUT2D eigenvalue weighted by atomic mass is 10.2. The molecule has 0 spiro atoms. The van der Waals surface area contributed by atoms with Gasteiger partial charge >= 0.3 is 6.09 Å². The summed E-state index contributed by atoms with van der Waals surface area (Å²) >= 11 is 11.9. The van der Waals surface area contributed by atoms with E-state index in [1.807, 2.05) is 0 Å². The molecule has 0 atom stereocenters. The minimum Gasteiger partial charge on any atom is -0.450 e. The first kappa shape index (κ1) is 18.0. The second-order valence-corrected chi connectivity index (χ2v) is 5.53. The van der Waals surface area contributed by atoms with Gasteiger partial charge < -0.3 is 15.4 Å². The number of carbonyl (C=O) groups excluding carboxylic acids is 2. The van der Waals surface area contributed by atoms with Gasteiger partial charge in [0.15, 0.2) is 0 Å². The minimum atomic E-state index is -0.540. The van der Waals surface area contributed by atoms with Crippen molar-refractivity contribution in [2.45, 2.75) is 13.5 Å². The topological polar surface area (TPSA) is 80.3 Å². The molecule has 0 bridgehead atoms. The number of pyridine rings is 1. The Hall–Kier alpha value is -2.31. The van der Waals surface area contributed by atoms with Crippen molar-refractivity contribution < 1.29 is 14.3 Å². The number of rotatable bonds is 5. The summed E-state index contributed by atoms with van der Waals surface area (Å²) in [5.41, 5.74) is 1.36. The van der Waals surface area contributed by atoms with Crippen molar-refractivity contribution in [2.75, 3.05) is 11.9 Å². The molecule has 0 aliphatic carbocycles. The van der Waals surface area contributed by atoms with Crippen LogP contribution in [-0.2, 0) is 11.3 Å². The lowest BCUT2D eigenvalue weighted by Gasteiger charge is -2.09. The van der Waals surface area contributed by atoms with Crippen LogP contribution < -0.4 is 10.6 Å². The van der Waals surface area contributed by atoms with Gasteiger partial charge in [0.1, 0.15) is 0 Å². The third-order valence-corrected chi connectivity index (χ3v) is 3.50. The average Bonchev–Trinajstić information content (AvgIpc) is 2.56. The Morgan fingerprint density at radius 3 is 2.71 bits per heavy atom. The fraction of sp³-hybridized carbons (Fsp3) is 0.188. The Morgan fingerprint density at radius 2 is 2.00 bits per heavy atom. The van der Waals surface area contributed by atoms with E-state index in [-0.39, 0.29) is 19.1 Å². The van der Waals surface area contributed by atoms with Crippen LogP contribution in [0.15, 0.2) is 36.5 Å². The number of amides is 2. The third-order valence-electron chi connectivity index (χ3n) is 2.95. The number of carbonyl (C=O) groups is 2. The van der Waals surface area contributed by atoms with Crippen LogP contribution in [0.3, 0.4) is 0 Å². The van der Waals surface area contributed by atoms with E-state index in [2.05, 4.69) is 15.6 Å². The second-order valence-electron chi connectivity index (χ2n) is 4.69. The number of aromatic nitrogens is 1. The maximum atomic E-state index is 12.3. The molecule has 0 aliphatic heterocycles. The maximum absolute atomic E-state index is 12.3. The van der Waals surface area contributed by atoms with Gasteiger partial charge in [-0.1, -0.05) is 23.2 Å². The van der Waals surface area contributed by atoms with Gasteiger partial charge in [-0.25, -0.2) is 4.79 Å². The summed E-state index contributed by atoms with van der Waals surface area (Å²) in [4.78, 5) is 27.7. The monoisotopic (exact) mass is 367 g/mol. The van der Waals surface area contributed by atoms with Gasteiger partial charge in [0, 0.05) is 16.8 Å². The molecule has 24 heavy (non-hydrogen) atoms. The fourth-order valence-electron chi connectivity index (χ4n) is 1.85. The molecule has 2 N–H and O–H groups in total. The zero-order valence-electron chi connectivity index (χ0n) is 12.8. The predicted molar refractivity (Wildman–Crippen MR) is 92.5 cm³/mol. The van der Waals surface area contributed by atoms with Crippen LogP contribution in [0, 0.1) is 0 Å². The molecule has 6 nitrogen and oxygen atoms in total. The molecule has 8 heteroatoms. The summed E-state index contributed by atoms with van der Waals surface area (Å²) in [6.07, 6.45) is 0.947. The summed E-state index contributed by atoms with van der Waals surface area (Å²) in [5.74, 6) is -0.348. The van der Waals surface area contributed by atoms with E-state index in [1.165, 1.54) is 6.20 Å². The highest BCUT2D eigenvalue weighted by Crippen LogP contribution is 2.25. The van der Waals surface area contributed by atoms with Crippen molar-refractivity contribution in [3.8, 4) is 0 Å². The molecular weight excluding hydrogens is 353 g/mol. The van der Waals surface area contributed by atoms with Crippen molar-refractivity contribution in [2.24, 2.45) is 0 Å². The van der Waals surface area contributed by atoms with Gasteiger partial charge in [-0.3, -0.25) is 9.78 Å². The number of nitrogens with zero attached hydrogens (tertiary/aromatic N) is 1. The van der Waals surface area contributed by atoms with Crippen LogP contribution in [0.5, 0.6) is 0 Å². The van der Waals surface area contributed by atoms with Gasteiger partial charge in [-0.2, -0.15) is 0 Å². The molecule has 0 saturated heterocycles. The minimum absolute atomic E-state index is 0.154. The number of halogens is 2. The summed E-state index contributed by atoms with van der Waals surface area (Å²) in [6, 6.07) is 7.93. The number of nitrogens with one attached hydrogen (secondary N) is 2. The number of hydrogen-bond donors (Lipinski definition) is 2. The first-order valence-corrected chi connectivity index (χ1v) is 7.87. The second kappa shape index (κ2) is 8.52. The van der Waals surface area contributed by atoms with Gasteiger partial charge in [0.2, 0.25) is 0 Å². The summed E-state index contributed by atoms with van der Waals surface area (Å²) in [7, 11) is 0. The lowest BCUT2D eigenvalue weighted by molar-refractivity contribution is 0.102. The van der Waals surface area contributed by atoms with Crippen LogP contribution in [0.4, 0.5) is 10.5 Å². The molecule has 2 rings (SSSR count). The largest absolute Gasteiger partial charge is 0.450 e. The van der Waals surface area contributed by atoms with E-state index in [1.54, 1.807) is 37.3 Å². The first-order valence-electron chi connectivity index (χ1n) is 7.11. The molecule has 1 aromatic heterocycles. The molecule has 1 heterocycles. The Morgan fingerprint density at radius 1 is 1.21 bits per heavy atom. The molecule has 2 amide bonds. The molecule has 0 saturated carbocycles. The van der Waals surface area contributed by atoms with Gasteiger partial charge in [-0.15, -0.1) is 0 Å². The Balaban J connectivity index is 2.04. The Bertz CT molecular complexity index is 753. The van der Waals surface area contributed by atoms with Crippen molar-refractivity contribution in [3.05, 3.63) is 57.8 Å². The van der Waals surface area contributed by atoms with Crippen LogP contribution in [0.2, 0.25) is 10.0 Å². The number of alkyl carbamates (subject to hydrolysis) is 1. The van der Waals surface area contributed by atoms with E-state index < -0.39 is 6.09 Å². The van der Waals surface area contributed by atoms with Crippen LogP contribution >= 0.6 is 23.2 Å². The number of ether oxygens (including phenoxy) is 1. The average molecular weight is 368 g/mol. The smallest absolute Gasteiger partial charge is 0.407 e. The van der Waals surface area contributed by atoms with Crippen molar-refractivity contribution in [3.63, 3.8) is 0 Å². The molecule has 0 fully saturated rings. The SMILES string of the molecule is CCOC(=O)NCc1cc(C(=O)Nc2ccc(Cl)cc2Cl)ccn1. The van der Waals surface area contributed by atoms with E-state index in [9.17, 15) is 9.59 Å². The molecule has 2 aromatic rings. The normalized spacial score (nSPS) is 10.1. The van der Waals surface area contributed by atoms with Gasteiger partial charge in [-0.05, 0) is 37.3 Å². The van der Waals surface area contributed by atoms with E-state index in [0.29, 0.717) is 27.0 Å². The molecule has 1 aromatic carbocycles. The standard InChI is InChI=1S/C16H15Cl2N3O3/c1-2-24-16(23)20-9-12-7-10(5-6-19-12)15(22)21-14-4-3-11(17)8-13(14)18/h3-8H,2,9H2,1H3,(H,20,23)(H,21,22). The van der Waals surface area contributed by atoms with Gasteiger partial charge in [0.25, 0.3) is 5.91 Å². The molecular formula is C16H15Cl2N3O3. The highest BCUT2D eigenvalue weighted by atomic mass is 35.5. The summed E-state index contributed by atoms with van der Waals surface area (Å²) in [6.45, 7) is 2.15. The quantitative estimate of drug-likeness (QED) is 0.839.